The molecule has 0 amide bonds. The fourth-order valence-corrected chi connectivity index (χ4v) is 0.899. The van der Waals surface area contributed by atoms with Crippen molar-refractivity contribution < 1.29 is 9.84 Å². The molecular formula is C11H16O2. The van der Waals surface area contributed by atoms with Crippen LogP contribution in [-0.2, 0) is 0 Å². The highest BCUT2D eigenvalue weighted by atomic mass is 16.5. The molecule has 0 spiro atoms. The molecule has 1 N–H and O–H groups in total. The summed E-state index contributed by atoms with van der Waals surface area (Å²) in [5.74, 6) is 1.67. The largest absolute Gasteiger partial charge is 0.508 e. The Morgan fingerprint density at radius 3 is 2.46 bits per heavy atom. The molecule has 1 unspecified atom stereocenters. The van der Waals surface area contributed by atoms with E-state index < -0.39 is 0 Å². The Hall–Kier alpha value is -1.18. The van der Waals surface area contributed by atoms with Crippen molar-refractivity contribution in [2.24, 2.45) is 5.92 Å². The second-order valence-electron chi connectivity index (χ2n) is 3.32. The Morgan fingerprint density at radius 1 is 1.31 bits per heavy atom. The molecule has 0 saturated carbocycles. The molecule has 0 aliphatic heterocycles. The predicted octanol–water partition coefficient (Wildman–Crippen LogP) is 2.82. The molecule has 0 bridgehead atoms. The minimum Gasteiger partial charge on any atom is -0.508 e. The van der Waals surface area contributed by atoms with Crippen molar-refractivity contribution >= 4 is 0 Å². The van der Waals surface area contributed by atoms with Crippen molar-refractivity contribution in [2.45, 2.75) is 20.3 Å². The topological polar surface area (TPSA) is 29.5 Å². The van der Waals surface area contributed by atoms with Crippen molar-refractivity contribution in [3.8, 4) is 11.5 Å². The van der Waals surface area contributed by atoms with Crippen molar-refractivity contribution in [1.82, 2.24) is 0 Å². The van der Waals surface area contributed by atoms with E-state index >= 15 is 0 Å². The first-order chi connectivity index (χ1) is 6.22. The minimum atomic E-state index is 0.274. The van der Waals surface area contributed by atoms with Crippen LogP contribution in [0.5, 0.6) is 11.5 Å². The van der Waals surface area contributed by atoms with Crippen LogP contribution in [0.25, 0.3) is 0 Å². The van der Waals surface area contributed by atoms with Crippen molar-refractivity contribution in [1.29, 1.82) is 0 Å². The molecular weight excluding hydrogens is 164 g/mol. The van der Waals surface area contributed by atoms with Crippen LogP contribution in [-0.4, -0.2) is 11.7 Å². The van der Waals surface area contributed by atoms with Gasteiger partial charge in [0.05, 0.1) is 6.61 Å². The minimum absolute atomic E-state index is 0.274. The zero-order valence-electron chi connectivity index (χ0n) is 8.16. The molecule has 1 aromatic rings. The Morgan fingerprint density at radius 2 is 1.92 bits per heavy atom. The highest BCUT2D eigenvalue weighted by Gasteiger charge is 1.99. The number of aromatic hydroxyl groups is 1. The molecule has 0 aromatic heterocycles. The van der Waals surface area contributed by atoms with Gasteiger partial charge >= 0.3 is 0 Å². The summed E-state index contributed by atoms with van der Waals surface area (Å²) in [4.78, 5) is 0. The Labute approximate surface area is 79.2 Å². The lowest BCUT2D eigenvalue weighted by Gasteiger charge is -2.10. The van der Waals surface area contributed by atoms with Crippen LogP contribution in [0.1, 0.15) is 20.3 Å². The van der Waals surface area contributed by atoms with E-state index in [1.54, 1.807) is 24.3 Å². The predicted molar refractivity (Wildman–Crippen MR) is 53.1 cm³/mol. The number of hydrogen-bond donors (Lipinski definition) is 1. The van der Waals surface area contributed by atoms with Crippen molar-refractivity contribution in [3.05, 3.63) is 24.3 Å². The van der Waals surface area contributed by atoms with Crippen molar-refractivity contribution in [3.63, 3.8) is 0 Å². The average molecular weight is 180 g/mol. The van der Waals surface area contributed by atoms with E-state index in [9.17, 15) is 0 Å². The maximum absolute atomic E-state index is 9.02. The SMILES string of the molecule is CCC(C)COc1ccc(O)cc1. The van der Waals surface area contributed by atoms with Gasteiger partial charge < -0.3 is 9.84 Å². The second kappa shape index (κ2) is 4.75. The first kappa shape index (κ1) is 9.90. The van der Waals surface area contributed by atoms with E-state index in [-0.39, 0.29) is 5.75 Å². The van der Waals surface area contributed by atoms with Crippen molar-refractivity contribution in [2.75, 3.05) is 6.61 Å². The van der Waals surface area contributed by atoms with Crippen LogP contribution in [0.15, 0.2) is 24.3 Å². The zero-order valence-corrected chi connectivity index (χ0v) is 8.16. The molecule has 0 aliphatic rings. The van der Waals surface area contributed by atoms with Crippen LogP contribution in [0.3, 0.4) is 0 Å². The van der Waals surface area contributed by atoms with Crippen LogP contribution >= 0.6 is 0 Å². The molecule has 1 rings (SSSR count). The molecule has 1 atom stereocenters. The zero-order chi connectivity index (χ0) is 9.68. The van der Waals surface area contributed by atoms with E-state index in [2.05, 4.69) is 13.8 Å². The smallest absolute Gasteiger partial charge is 0.119 e. The summed E-state index contributed by atoms with van der Waals surface area (Å²) >= 11 is 0. The van der Waals surface area contributed by atoms with E-state index in [4.69, 9.17) is 9.84 Å². The van der Waals surface area contributed by atoms with E-state index in [1.807, 2.05) is 0 Å². The van der Waals surface area contributed by atoms with E-state index in [0.717, 1.165) is 18.8 Å². The average Bonchev–Trinajstić information content (AvgIpc) is 2.16. The van der Waals surface area contributed by atoms with Gasteiger partial charge in [0.1, 0.15) is 11.5 Å². The number of benzene rings is 1. The molecule has 0 radical (unpaired) electrons. The maximum atomic E-state index is 9.02. The Balaban J connectivity index is 2.41. The Kier molecular flexibility index (Phi) is 3.62. The summed E-state index contributed by atoms with van der Waals surface area (Å²) in [7, 11) is 0. The lowest BCUT2D eigenvalue weighted by atomic mass is 10.1. The summed E-state index contributed by atoms with van der Waals surface area (Å²) < 4.78 is 5.50. The monoisotopic (exact) mass is 180 g/mol. The fraction of sp³-hybridized carbons (Fsp3) is 0.455. The van der Waals surface area contributed by atoms with Crippen LogP contribution < -0.4 is 4.74 Å². The number of phenolic OH excluding ortho intramolecular Hbond substituents is 1. The van der Waals surface area contributed by atoms with Crippen LogP contribution in [0, 0.1) is 5.92 Å². The molecule has 0 heterocycles. The molecule has 1 aromatic carbocycles. The number of rotatable bonds is 4. The first-order valence-electron chi connectivity index (χ1n) is 4.64. The molecule has 13 heavy (non-hydrogen) atoms. The van der Waals surface area contributed by atoms with Gasteiger partial charge in [0, 0.05) is 0 Å². The summed E-state index contributed by atoms with van der Waals surface area (Å²) in [5, 5.41) is 9.02. The van der Waals surface area contributed by atoms with Gasteiger partial charge in [-0.2, -0.15) is 0 Å². The van der Waals surface area contributed by atoms with Gasteiger partial charge in [-0.1, -0.05) is 20.3 Å². The molecule has 2 nitrogen and oxygen atoms in total. The van der Waals surface area contributed by atoms with E-state index in [0.29, 0.717) is 5.92 Å². The fourth-order valence-electron chi connectivity index (χ4n) is 0.899. The molecule has 0 aliphatic carbocycles. The third-order valence-electron chi connectivity index (χ3n) is 2.07. The van der Waals surface area contributed by atoms with Gasteiger partial charge in [0.2, 0.25) is 0 Å². The Bertz CT molecular complexity index is 241. The van der Waals surface area contributed by atoms with Gasteiger partial charge in [-0.25, -0.2) is 0 Å². The molecule has 0 fully saturated rings. The molecule has 0 saturated heterocycles. The lowest BCUT2D eigenvalue weighted by molar-refractivity contribution is 0.256. The first-order valence-corrected chi connectivity index (χ1v) is 4.64. The second-order valence-corrected chi connectivity index (χ2v) is 3.32. The van der Waals surface area contributed by atoms with Gasteiger partial charge in [-0.05, 0) is 30.2 Å². The number of phenols is 1. The van der Waals surface area contributed by atoms with E-state index in [1.165, 1.54) is 0 Å². The van der Waals surface area contributed by atoms with Gasteiger partial charge in [-0.15, -0.1) is 0 Å². The summed E-state index contributed by atoms with van der Waals surface area (Å²) in [6, 6.07) is 6.81. The maximum Gasteiger partial charge on any atom is 0.119 e. The van der Waals surface area contributed by atoms with Gasteiger partial charge in [0.25, 0.3) is 0 Å². The summed E-state index contributed by atoms with van der Waals surface area (Å²) in [5.41, 5.74) is 0. The molecule has 2 heteroatoms. The molecule has 72 valence electrons. The van der Waals surface area contributed by atoms with Gasteiger partial charge in [0.15, 0.2) is 0 Å². The number of hydrogen-bond acceptors (Lipinski definition) is 2. The third-order valence-corrected chi connectivity index (χ3v) is 2.07. The van der Waals surface area contributed by atoms with Crippen LogP contribution in [0.4, 0.5) is 0 Å². The lowest BCUT2D eigenvalue weighted by Crippen LogP contribution is -2.06. The summed E-state index contributed by atoms with van der Waals surface area (Å²) in [6.45, 7) is 5.03. The highest BCUT2D eigenvalue weighted by Crippen LogP contribution is 2.16. The normalized spacial score (nSPS) is 12.5. The van der Waals surface area contributed by atoms with Gasteiger partial charge in [-0.3, -0.25) is 0 Å². The number of ether oxygens (including phenoxy) is 1. The standard InChI is InChI=1S/C11H16O2/c1-3-9(2)8-13-11-6-4-10(12)5-7-11/h4-7,9,12H,3,8H2,1-2H3. The summed E-state index contributed by atoms with van der Waals surface area (Å²) in [6.07, 6.45) is 1.12. The third kappa shape index (κ3) is 3.36. The highest BCUT2D eigenvalue weighted by molar-refractivity contribution is 5.29. The quantitative estimate of drug-likeness (QED) is 0.772. The van der Waals surface area contributed by atoms with Crippen LogP contribution in [0.2, 0.25) is 0 Å².